The Balaban J connectivity index is 2.54. The lowest BCUT2D eigenvalue weighted by Gasteiger charge is -2.15. The van der Waals surface area contributed by atoms with E-state index in [0.717, 1.165) is 13.1 Å². The van der Waals surface area contributed by atoms with Gasteiger partial charge in [-0.3, -0.25) is 4.90 Å². The highest BCUT2D eigenvalue weighted by Crippen LogP contribution is 2.10. The Labute approximate surface area is 138 Å². The van der Waals surface area contributed by atoms with E-state index in [4.69, 9.17) is 9.26 Å². The molecule has 23 heavy (non-hydrogen) atoms. The molecule has 1 rings (SSSR count). The van der Waals surface area contributed by atoms with Crippen LogP contribution in [-0.4, -0.2) is 35.7 Å². The van der Waals surface area contributed by atoms with Gasteiger partial charge in [0.25, 0.3) is 0 Å². The summed E-state index contributed by atoms with van der Waals surface area (Å²) >= 11 is 0. The van der Waals surface area contributed by atoms with Gasteiger partial charge in [-0.25, -0.2) is 4.79 Å². The summed E-state index contributed by atoms with van der Waals surface area (Å²) < 4.78 is 10.1. The fourth-order valence-corrected chi connectivity index (χ4v) is 1.73. The summed E-state index contributed by atoms with van der Waals surface area (Å²) in [5, 5.41) is 3.74. The summed E-state index contributed by atoms with van der Waals surface area (Å²) in [4.78, 5) is 13.7. The molecule has 0 aliphatic carbocycles. The van der Waals surface area contributed by atoms with Gasteiger partial charge in [0.05, 0.1) is 13.2 Å². The molecule has 0 aliphatic heterocycles. The number of carbonyl (C=O) groups excluding carboxylic acids is 1. The lowest BCUT2D eigenvalue weighted by atomic mass is 9.98. The number of aromatic nitrogens is 1. The van der Waals surface area contributed by atoms with Crippen LogP contribution in [0.25, 0.3) is 0 Å². The van der Waals surface area contributed by atoms with Gasteiger partial charge in [-0.05, 0) is 40.3 Å². The van der Waals surface area contributed by atoms with E-state index in [1.54, 1.807) is 13.0 Å². The highest BCUT2D eigenvalue weighted by atomic mass is 16.5. The second-order valence-electron chi connectivity index (χ2n) is 6.15. The van der Waals surface area contributed by atoms with Crippen LogP contribution in [0.1, 0.15) is 50.9 Å². The van der Waals surface area contributed by atoms with Crippen molar-refractivity contribution < 1.29 is 14.1 Å². The van der Waals surface area contributed by atoms with Gasteiger partial charge in [0.1, 0.15) is 0 Å². The highest BCUT2D eigenvalue weighted by Gasteiger charge is 2.14. The average Bonchev–Trinajstić information content (AvgIpc) is 2.93. The molecule has 0 saturated carbocycles. The molecule has 0 atom stereocenters. The molecule has 0 fully saturated rings. The topological polar surface area (TPSA) is 55.6 Å². The van der Waals surface area contributed by atoms with Crippen LogP contribution in [-0.2, 0) is 11.3 Å². The number of esters is 1. The molecule has 0 unspecified atom stereocenters. The number of rotatable bonds is 7. The van der Waals surface area contributed by atoms with Crippen molar-refractivity contribution in [3.63, 3.8) is 0 Å². The van der Waals surface area contributed by atoms with Crippen molar-refractivity contribution in [2.24, 2.45) is 5.41 Å². The third-order valence-corrected chi connectivity index (χ3v) is 2.88. The maximum Gasteiger partial charge on any atom is 0.360 e. The molecule has 0 aliphatic rings. The van der Waals surface area contributed by atoms with Crippen molar-refractivity contribution >= 4 is 5.97 Å². The van der Waals surface area contributed by atoms with E-state index in [2.05, 4.69) is 49.6 Å². The molecular weight excluding hydrogens is 292 g/mol. The quantitative estimate of drug-likeness (QED) is 0.570. The smallest absolute Gasteiger partial charge is 0.360 e. The molecule has 5 heteroatoms. The molecule has 0 saturated heterocycles. The second kappa shape index (κ2) is 9.16. The van der Waals surface area contributed by atoms with Crippen LogP contribution in [0.5, 0.6) is 0 Å². The van der Waals surface area contributed by atoms with Gasteiger partial charge >= 0.3 is 5.97 Å². The number of hydrogen-bond acceptors (Lipinski definition) is 5. The van der Waals surface area contributed by atoms with Crippen LogP contribution in [0.4, 0.5) is 0 Å². The lowest BCUT2D eigenvalue weighted by molar-refractivity contribution is 0.0514. The summed E-state index contributed by atoms with van der Waals surface area (Å²) in [5.74, 6) is 6.39. The molecule has 0 amide bonds. The fourth-order valence-electron chi connectivity index (χ4n) is 1.73. The average molecular weight is 318 g/mol. The third kappa shape index (κ3) is 7.66. The molecule has 1 heterocycles. The zero-order valence-electron chi connectivity index (χ0n) is 14.7. The number of nitrogens with zero attached hydrogens (tertiary/aromatic N) is 2. The first-order valence-electron chi connectivity index (χ1n) is 7.88. The van der Waals surface area contributed by atoms with Crippen LogP contribution >= 0.6 is 0 Å². The maximum atomic E-state index is 11.6. The predicted molar refractivity (Wildman–Crippen MR) is 89.8 cm³/mol. The molecule has 0 radical (unpaired) electrons. The number of likely N-dealkylation sites (N-methyl/N-ethyl adjacent to an activating group) is 1. The molecule has 0 aromatic carbocycles. The van der Waals surface area contributed by atoms with Gasteiger partial charge < -0.3 is 9.26 Å². The SMILES string of the molecule is CCOC(=O)c1cc(CN(CC)CC=CC#CC(C)(C)C)on1. The molecule has 1 aromatic heterocycles. The fraction of sp³-hybridized carbons (Fsp3) is 0.556. The maximum absolute atomic E-state index is 11.6. The second-order valence-corrected chi connectivity index (χ2v) is 6.15. The predicted octanol–water partition coefficient (Wildman–Crippen LogP) is 3.28. The molecular formula is C18H26N2O3. The van der Waals surface area contributed by atoms with Crippen molar-refractivity contribution in [2.75, 3.05) is 19.7 Å². The van der Waals surface area contributed by atoms with Gasteiger partial charge in [0.15, 0.2) is 11.5 Å². The molecule has 5 nitrogen and oxygen atoms in total. The Kier molecular flexibility index (Phi) is 7.56. The van der Waals surface area contributed by atoms with Gasteiger partial charge in [0, 0.05) is 18.0 Å². The molecule has 126 valence electrons. The van der Waals surface area contributed by atoms with Crippen LogP contribution in [0.3, 0.4) is 0 Å². The van der Waals surface area contributed by atoms with Crippen molar-refractivity contribution in [3.05, 3.63) is 29.7 Å². The Hall–Kier alpha value is -2.06. The summed E-state index contributed by atoms with van der Waals surface area (Å²) in [6.07, 6.45) is 3.89. The van der Waals surface area contributed by atoms with E-state index >= 15 is 0 Å². The summed E-state index contributed by atoms with van der Waals surface area (Å²) in [6.45, 7) is 12.6. The monoisotopic (exact) mass is 318 g/mol. The summed E-state index contributed by atoms with van der Waals surface area (Å²) in [7, 11) is 0. The number of ether oxygens (including phenoxy) is 1. The van der Waals surface area contributed by atoms with Crippen molar-refractivity contribution in [1.29, 1.82) is 0 Å². The Bertz CT molecular complexity index is 585. The first-order chi connectivity index (χ1) is 10.9. The first kappa shape index (κ1) is 19.0. The number of allylic oxidation sites excluding steroid dienone is 1. The summed E-state index contributed by atoms with van der Waals surface area (Å²) in [5.41, 5.74) is 0.225. The first-order valence-corrected chi connectivity index (χ1v) is 7.88. The Morgan fingerprint density at radius 1 is 1.43 bits per heavy atom. The van der Waals surface area contributed by atoms with Crippen LogP contribution in [0, 0.1) is 17.3 Å². The van der Waals surface area contributed by atoms with Crippen LogP contribution in [0.2, 0.25) is 0 Å². The van der Waals surface area contributed by atoms with E-state index in [9.17, 15) is 4.79 Å². The zero-order chi connectivity index (χ0) is 17.3. The molecule has 1 aromatic rings. The normalized spacial score (nSPS) is 11.6. The van der Waals surface area contributed by atoms with Crippen LogP contribution in [0.15, 0.2) is 22.7 Å². The van der Waals surface area contributed by atoms with Gasteiger partial charge in [-0.2, -0.15) is 0 Å². The van der Waals surface area contributed by atoms with E-state index in [-0.39, 0.29) is 11.1 Å². The summed E-state index contributed by atoms with van der Waals surface area (Å²) in [6, 6.07) is 1.63. The van der Waals surface area contributed by atoms with Crippen molar-refractivity contribution in [1.82, 2.24) is 10.1 Å². The molecule has 0 spiro atoms. The van der Waals surface area contributed by atoms with Crippen molar-refractivity contribution in [3.8, 4) is 11.8 Å². The van der Waals surface area contributed by atoms with Gasteiger partial charge in [0.2, 0.25) is 0 Å². The molecule has 0 N–H and O–H groups in total. The van der Waals surface area contributed by atoms with E-state index in [1.807, 2.05) is 12.2 Å². The minimum Gasteiger partial charge on any atom is -0.461 e. The van der Waals surface area contributed by atoms with Crippen molar-refractivity contribution in [2.45, 2.75) is 41.2 Å². The number of carbonyl (C=O) groups is 1. The van der Waals surface area contributed by atoms with E-state index in [0.29, 0.717) is 18.9 Å². The largest absolute Gasteiger partial charge is 0.461 e. The Morgan fingerprint density at radius 3 is 2.78 bits per heavy atom. The van der Waals surface area contributed by atoms with Gasteiger partial charge in [-0.1, -0.05) is 30.0 Å². The van der Waals surface area contributed by atoms with Crippen LogP contribution < -0.4 is 0 Å². The molecule has 0 bridgehead atoms. The van der Waals surface area contributed by atoms with E-state index in [1.165, 1.54) is 0 Å². The third-order valence-electron chi connectivity index (χ3n) is 2.88. The van der Waals surface area contributed by atoms with Gasteiger partial charge in [-0.15, -0.1) is 0 Å². The zero-order valence-corrected chi connectivity index (χ0v) is 14.7. The highest BCUT2D eigenvalue weighted by molar-refractivity contribution is 5.87. The van der Waals surface area contributed by atoms with E-state index < -0.39 is 5.97 Å². The minimum absolute atomic E-state index is 0.0120. The number of hydrogen-bond donors (Lipinski definition) is 0. The minimum atomic E-state index is -0.456. The lowest BCUT2D eigenvalue weighted by Crippen LogP contribution is -2.22. The standard InChI is InChI=1S/C18H26N2O3/c1-6-20(12-10-8-9-11-18(3,4)5)14-15-13-16(19-23-15)17(21)22-7-2/h8,10,13H,6-7,12,14H2,1-5H3. The Morgan fingerprint density at radius 2 is 2.17 bits per heavy atom.